The normalized spacial score (nSPS) is 13.2. The van der Waals surface area contributed by atoms with Crippen LogP contribution in [0.5, 0.6) is 0 Å². The molecule has 5 heteroatoms. The molecule has 0 bridgehead atoms. The van der Waals surface area contributed by atoms with Gasteiger partial charge in [-0.2, -0.15) is 0 Å². The summed E-state index contributed by atoms with van der Waals surface area (Å²) < 4.78 is 1.84. The third-order valence-corrected chi connectivity index (χ3v) is 2.73. The molecule has 0 saturated heterocycles. The van der Waals surface area contributed by atoms with Gasteiger partial charge < -0.3 is 9.67 Å². The lowest BCUT2D eigenvalue weighted by Crippen LogP contribution is -2.08. The minimum Gasteiger partial charge on any atom is -0.392 e. The Hall–Kier alpha value is -0.550. The molecule has 0 aliphatic carbocycles. The van der Waals surface area contributed by atoms with Crippen molar-refractivity contribution in [2.75, 3.05) is 5.75 Å². The van der Waals surface area contributed by atoms with E-state index in [-0.39, 0.29) is 6.10 Å². The molecule has 12 heavy (non-hydrogen) atoms. The first kappa shape index (κ1) is 9.54. The van der Waals surface area contributed by atoms with Crippen LogP contribution >= 0.6 is 11.8 Å². The van der Waals surface area contributed by atoms with Gasteiger partial charge in [-0.3, -0.25) is 0 Å². The molecular formula is C7H13N3OS. The Morgan fingerprint density at radius 3 is 3.00 bits per heavy atom. The molecule has 0 fully saturated rings. The number of aryl methyl sites for hydroxylation is 1. The van der Waals surface area contributed by atoms with E-state index >= 15 is 0 Å². The Kier molecular flexibility index (Phi) is 3.55. The van der Waals surface area contributed by atoms with Gasteiger partial charge in [0.15, 0.2) is 5.16 Å². The summed E-state index contributed by atoms with van der Waals surface area (Å²) >= 11 is 1.53. The van der Waals surface area contributed by atoms with E-state index < -0.39 is 0 Å². The van der Waals surface area contributed by atoms with Gasteiger partial charge in [0, 0.05) is 12.8 Å². The maximum atomic E-state index is 9.27. The van der Waals surface area contributed by atoms with Gasteiger partial charge in [0.1, 0.15) is 6.33 Å². The van der Waals surface area contributed by atoms with Gasteiger partial charge in [-0.05, 0) is 6.42 Å². The molecule has 1 unspecified atom stereocenters. The van der Waals surface area contributed by atoms with E-state index in [1.54, 1.807) is 6.33 Å². The van der Waals surface area contributed by atoms with Gasteiger partial charge in [-0.1, -0.05) is 18.7 Å². The first-order chi connectivity index (χ1) is 5.74. The monoisotopic (exact) mass is 187 g/mol. The maximum absolute atomic E-state index is 9.27. The smallest absolute Gasteiger partial charge is 0.190 e. The van der Waals surface area contributed by atoms with Crippen molar-refractivity contribution in [3.8, 4) is 0 Å². The van der Waals surface area contributed by atoms with Crippen molar-refractivity contribution in [2.24, 2.45) is 7.05 Å². The molecule has 68 valence electrons. The first-order valence-corrected chi connectivity index (χ1v) is 4.87. The average molecular weight is 187 g/mol. The van der Waals surface area contributed by atoms with Gasteiger partial charge in [0.05, 0.1) is 6.10 Å². The second-order valence-corrected chi connectivity index (χ2v) is 3.58. The van der Waals surface area contributed by atoms with Crippen molar-refractivity contribution in [3.63, 3.8) is 0 Å². The van der Waals surface area contributed by atoms with Crippen LogP contribution in [0.3, 0.4) is 0 Å². The third kappa shape index (κ3) is 2.49. The molecule has 0 aromatic carbocycles. The summed E-state index contributed by atoms with van der Waals surface area (Å²) in [6.07, 6.45) is 2.19. The fraction of sp³-hybridized carbons (Fsp3) is 0.714. The molecule has 1 N–H and O–H groups in total. The third-order valence-electron chi connectivity index (χ3n) is 1.55. The van der Waals surface area contributed by atoms with E-state index in [4.69, 9.17) is 0 Å². The van der Waals surface area contributed by atoms with Crippen LogP contribution in [0, 0.1) is 0 Å². The van der Waals surface area contributed by atoms with Crippen molar-refractivity contribution >= 4 is 11.8 Å². The number of aliphatic hydroxyl groups is 1. The molecule has 1 heterocycles. The van der Waals surface area contributed by atoms with E-state index in [9.17, 15) is 5.11 Å². The average Bonchev–Trinajstić information content (AvgIpc) is 2.47. The largest absolute Gasteiger partial charge is 0.392 e. The van der Waals surface area contributed by atoms with E-state index in [1.807, 2.05) is 18.5 Å². The molecule has 0 aliphatic heterocycles. The quantitative estimate of drug-likeness (QED) is 0.704. The summed E-state index contributed by atoms with van der Waals surface area (Å²) in [6, 6.07) is 0. The van der Waals surface area contributed by atoms with Crippen molar-refractivity contribution in [1.29, 1.82) is 0 Å². The molecule has 1 rings (SSSR count). The van der Waals surface area contributed by atoms with Crippen molar-refractivity contribution in [3.05, 3.63) is 6.33 Å². The molecule has 0 saturated carbocycles. The second kappa shape index (κ2) is 4.47. The van der Waals surface area contributed by atoms with Crippen LogP contribution in [0.1, 0.15) is 13.3 Å². The topological polar surface area (TPSA) is 50.9 Å². The number of nitrogens with zero attached hydrogens (tertiary/aromatic N) is 3. The van der Waals surface area contributed by atoms with E-state index in [1.165, 1.54) is 11.8 Å². The molecule has 1 aromatic heterocycles. The number of rotatable bonds is 4. The zero-order valence-electron chi connectivity index (χ0n) is 7.27. The van der Waals surface area contributed by atoms with Gasteiger partial charge in [-0.15, -0.1) is 10.2 Å². The van der Waals surface area contributed by atoms with Gasteiger partial charge in [0.25, 0.3) is 0 Å². The summed E-state index contributed by atoms with van der Waals surface area (Å²) in [6.45, 7) is 1.96. The molecule has 0 radical (unpaired) electrons. The standard InChI is InChI=1S/C7H13N3OS/c1-3-6(11)4-12-7-9-8-5-10(7)2/h5-6,11H,3-4H2,1-2H3. The fourth-order valence-corrected chi connectivity index (χ4v) is 1.62. The van der Waals surface area contributed by atoms with Crippen molar-refractivity contribution < 1.29 is 5.11 Å². The highest BCUT2D eigenvalue weighted by Gasteiger charge is 2.05. The lowest BCUT2D eigenvalue weighted by atomic mass is 10.3. The Bertz CT molecular complexity index is 238. The Morgan fingerprint density at radius 2 is 2.50 bits per heavy atom. The van der Waals surface area contributed by atoms with E-state index in [0.717, 1.165) is 11.6 Å². The summed E-state index contributed by atoms with van der Waals surface area (Å²) in [7, 11) is 1.89. The van der Waals surface area contributed by atoms with Gasteiger partial charge in [0.2, 0.25) is 0 Å². The minimum atomic E-state index is -0.244. The Labute approximate surface area is 76.0 Å². The van der Waals surface area contributed by atoms with E-state index in [2.05, 4.69) is 10.2 Å². The number of aliphatic hydroxyl groups excluding tert-OH is 1. The molecule has 0 aliphatic rings. The van der Waals surface area contributed by atoms with Crippen LogP contribution < -0.4 is 0 Å². The molecule has 4 nitrogen and oxygen atoms in total. The zero-order chi connectivity index (χ0) is 8.97. The zero-order valence-corrected chi connectivity index (χ0v) is 8.08. The second-order valence-electron chi connectivity index (χ2n) is 2.60. The summed E-state index contributed by atoms with van der Waals surface area (Å²) in [5.41, 5.74) is 0. The molecule has 0 spiro atoms. The Morgan fingerprint density at radius 1 is 1.75 bits per heavy atom. The maximum Gasteiger partial charge on any atom is 0.190 e. The van der Waals surface area contributed by atoms with Crippen molar-refractivity contribution in [2.45, 2.75) is 24.6 Å². The number of hydrogen-bond acceptors (Lipinski definition) is 4. The highest BCUT2D eigenvalue weighted by molar-refractivity contribution is 7.99. The van der Waals surface area contributed by atoms with Crippen LogP contribution in [-0.2, 0) is 7.05 Å². The van der Waals surface area contributed by atoms with Gasteiger partial charge in [-0.25, -0.2) is 0 Å². The van der Waals surface area contributed by atoms with Crippen molar-refractivity contribution in [1.82, 2.24) is 14.8 Å². The molecule has 1 aromatic rings. The lowest BCUT2D eigenvalue weighted by Gasteiger charge is -2.05. The van der Waals surface area contributed by atoms with Crippen LogP contribution in [0.25, 0.3) is 0 Å². The van der Waals surface area contributed by atoms with E-state index in [0.29, 0.717) is 5.75 Å². The fourth-order valence-electron chi connectivity index (χ4n) is 0.692. The number of aromatic nitrogens is 3. The molecule has 0 amide bonds. The molecular weight excluding hydrogens is 174 g/mol. The van der Waals surface area contributed by atoms with Gasteiger partial charge >= 0.3 is 0 Å². The van der Waals surface area contributed by atoms with Crippen LogP contribution in [-0.4, -0.2) is 31.7 Å². The highest BCUT2D eigenvalue weighted by atomic mass is 32.2. The number of thioether (sulfide) groups is 1. The summed E-state index contributed by atoms with van der Waals surface area (Å²) in [5.74, 6) is 0.684. The van der Waals surface area contributed by atoms with Crippen LogP contribution in [0.4, 0.5) is 0 Å². The first-order valence-electron chi connectivity index (χ1n) is 3.89. The number of hydrogen-bond donors (Lipinski definition) is 1. The highest BCUT2D eigenvalue weighted by Crippen LogP contribution is 2.15. The van der Waals surface area contributed by atoms with Crippen LogP contribution in [0.2, 0.25) is 0 Å². The predicted octanol–water partition coefficient (Wildman–Crippen LogP) is 0.678. The predicted molar refractivity (Wildman–Crippen MR) is 48.0 cm³/mol. The summed E-state index contributed by atoms with van der Waals surface area (Å²) in [4.78, 5) is 0. The van der Waals surface area contributed by atoms with Crippen LogP contribution in [0.15, 0.2) is 11.5 Å². The summed E-state index contributed by atoms with van der Waals surface area (Å²) in [5, 5.41) is 17.7. The SMILES string of the molecule is CCC(O)CSc1nncn1C. The lowest BCUT2D eigenvalue weighted by molar-refractivity contribution is 0.195. The Balaban J connectivity index is 2.38. The molecule has 1 atom stereocenters. The minimum absolute atomic E-state index is 0.244.